The summed E-state index contributed by atoms with van der Waals surface area (Å²) in [6.07, 6.45) is 2.62. The minimum Gasteiger partial charge on any atom is -0.396 e. The molecule has 0 bridgehead atoms. The zero-order chi connectivity index (χ0) is 12.4. The summed E-state index contributed by atoms with van der Waals surface area (Å²) >= 11 is 0. The summed E-state index contributed by atoms with van der Waals surface area (Å²) in [4.78, 5) is 4.26. The molecule has 92 valence electrons. The predicted octanol–water partition coefficient (Wildman–Crippen LogP) is 1.13. The number of nitrogens with zero attached hydrogens (tertiary/aromatic N) is 5. The van der Waals surface area contributed by atoms with E-state index < -0.39 is 0 Å². The Hall–Kier alpha value is -1.85. The minimum atomic E-state index is 0.615. The molecule has 2 rings (SSSR count). The number of aryl methyl sites for hydroxylation is 2. The Morgan fingerprint density at radius 2 is 2.06 bits per heavy atom. The Labute approximate surface area is 100 Å². The van der Waals surface area contributed by atoms with Gasteiger partial charge in [0.05, 0.1) is 17.1 Å². The van der Waals surface area contributed by atoms with E-state index in [2.05, 4.69) is 22.1 Å². The van der Waals surface area contributed by atoms with Crippen LogP contribution in [0.3, 0.4) is 0 Å². The average Bonchev–Trinajstić information content (AvgIpc) is 2.82. The van der Waals surface area contributed by atoms with Crippen molar-refractivity contribution in [3.63, 3.8) is 0 Å². The van der Waals surface area contributed by atoms with Gasteiger partial charge in [-0.05, 0) is 20.3 Å². The second-order valence-electron chi connectivity index (χ2n) is 4.14. The molecule has 0 aromatic carbocycles. The second kappa shape index (κ2) is 4.57. The molecule has 2 N–H and O–H groups in total. The third kappa shape index (κ3) is 2.15. The first-order valence-corrected chi connectivity index (χ1v) is 5.79. The molecular formula is C11H18N6. The molecule has 2 heterocycles. The Morgan fingerprint density at radius 3 is 2.65 bits per heavy atom. The normalized spacial score (nSPS) is 11.0. The first-order chi connectivity index (χ1) is 8.13. The number of rotatable bonds is 4. The summed E-state index contributed by atoms with van der Waals surface area (Å²) in [6.45, 7) is 7.49. The fraction of sp³-hybridized carbons (Fsp3) is 0.545. The number of aromatic nitrogens is 5. The second-order valence-corrected chi connectivity index (χ2v) is 4.14. The van der Waals surface area contributed by atoms with Crippen LogP contribution in [0.25, 0.3) is 0 Å². The molecule has 17 heavy (non-hydrogen) atoms. The van der Waals surface area contributed by atoms with Crippen molar-refractivity contribution in [1.82, 2.24) is 24.5 Å². The van der Waals surface area contributed by atoms with E-state index in [-0.39, 0.29) is 0 Å². The molecule has 0 amide bonds. The fourth-order valence-corrected chi connectivity index (χ4v) is 1.81. The van der Waals surface area contributed by atoms with E-state index in [1.165, 1.54) is 0 Å². The first-order valence-electron chi connectivity index (χ1n) is 5.79. The van der Waals surface area contributed by atoms with E-state index in [0.717, 1.165) is 35.9 Å². The SMILES string of the molecule is CCCn1ncnc1Cn1nc(C)c(N)c1C. The maximum Gasteiger partial charge on any atom is 0.148 e. The highest BCUT2D eigenvalue weighted by Gasteiger charge is 2.11. The van der Waals surface area contributed by atoms with E-state index in [4.69, 9.17) is 5.73 Å². The first kappa shape index (κ1) is 11.6. The number of anilines is 1. The van der Waals surface area contributed by atoms with Gasteiger partial charge in [0, 0.05) is 6.54 Å². The van der Waals surface area contributed by atoms with Gasteiger partial charge in [0.25, 0.3) is 0 Å². The molecule has 0 aliphatic carbocycles. The van der Waals surface area contributed by atoms with Gasteiger partial charge in [-0.3, -0.25) is 4.68 Å². The van der Waals surface area contributed by atoms with E-state index in [9.17, 15) is 0 Å². The van der Waals surface area contributed by atoms with Gasteiger partial charge in [-0.2, -0.15) is 10.2 Å². The fourth-order valence-electron chi connectivity index (χ4n) is 1.81. The molecule has 0 saturated heterocycles. The van der Waals surface area contributed by atoms with Gasteiger partial charge in [0.15, 0.2) is 0 Å². The van der Waals surface area contributed by atoms with Crippen LogP contribution in [0.5, 0.6) is 0 Å². The lowest BCUT2D eigenvalue weighted by molar-refractivity contribution is 0.533. The quantitative estimate of drug-likeness (QED) is 0.860. The van der Waals surface area contributed by atoms with Crippen molar-refractivity contribution in [2.75, 3.05) is 5.73 Å². The third-order valence-electron chi connectivity index (χ3n) is 2.86. The molecule has 0 aliphatic rings. The molecule has 0 spiro atoms. The van der Waals surface area contributed by atoms with Gasteiger partial charge in [0.2, 0.25) is 0 Å². The summed E-state index contributed by atoms with van der Waals surface area (Å²) < 4.78 is 3.79. The third-order valence-corrected chi connectivity index (χ3v) is 2.86. The molecule has 0 unspecified atom stereocenters. The summed E-state index contributed by atoms with van der Waals surface area (Å²) in [7, 11) is 0. The molecule has 6 nitrogen and oxygen atoms in total. The topological polar surface area (TPSA) is 74.5 Å². The Bertz CT molecular complexity index is 510. The highest BCUT2D eigenvalue weighted by Crippen LogP contribution is 2.15. The van der Waals surface area contributed by atoms with Crippen LogP contribution >= 0.6 is 0 Å². The maximum atomic E-state index is 5.90. The van der Waals surface area contributed by atoms with Gasteiger partial charge < -0.3 is 5.73 Å². The molecule has 0 fully saturated rings. The monoisotopic (exact) mass is 234 g/mol. The molecule has 2 aromatic heterocycles. The van der Waals surface area contributed by atoms with Gasteiger partial charge in [0.1, 0.15) is 18.7 Å². The van der Waals surface area contributed by atoms with Gasteiger partial charge in [-0.25, -0.2) is 9.67 Å². The lowest BCUT2D eigenvalue weighted by Gasteiger charge is -2.06. The zero-order valence-electron chi connectivity index (χ0n) is 10.5. The number of nitrogen functional groups attached to an aromatic ring is 1. The van der Waals surface area contributed by atoms with Crippen LogP contribution in [0.15, 0.2) is 6.33 Å². The van der Waals surface area contributed by atoms with Crippen LogP contribution in [0.4, 0.5) is 5.69 Å². The number of hydrogen-bond donors (Lipinski definition) is 1. The predicted molar refractivity (Wildman–Crippen MR) is 65.5 cm³/mol. The van der Waals surface area contributed by atoms with Crippen LogP contribution < -0.4 is 5.73 Å². The smallest absolute Gasteiger partial charge is 0.148 e. The van der Waals surface area contributed by atoms with E-state index in [1.807, 2.05) is 23.2 Å². The number of nitrogens with two attached hydrogens (primary N) is 1. The maximum absolute atomic E-state index is 5.90. The lowest BCUT2D eigenvalue weighted by Crippen LogP contribution is -2.12. The molecule has 6 heteroatoms. The minimum absolute atomic E-state index is 0.615. The average molecular weight is 234 g/mol. The van der Waals surface area contributed by atoms with E-state index in [1.54, 1.807) is 6.33 Å². The molecule has 2 aromatic rings. The van der Waals surface area contributed by atoms with E-state index >= 15 is 0 Å². The highest BCUT2D eigenvalue weighted by molar-refractivity contribution is 5.46. The molecule has 0 aliphatic heterocycles. The molecule has 0 radical (unpaired) electrons. The van der Waals surface area contributed by atoms with Crippen LogP contribution in [0, 0.1) is 13.8 Å². The van der Waals surface area contributed by atoms with Crippen molar-refractivity contribution < 1.29 is 0 Å². The number of hydrogen-bond acceptors (Lipinski definition) is 4. The van der Waals surface area contributed by atoms with Crippen molar-refractivity contribution >= 4 is 5.69 Å². The van der Waals surface area contributed by atoms with Crippen LogP contribution in [0.2, 0.25) is 0 Å². The van der Waals surface area contributed by atoms with Gasteiger partial charge >= 0.3 is 0 Å². The summed E-state index contributed by atoms with van der Waals surface area (Å²) in [5, 5.41) is 8.59. The standard InChI is InChI=1S/C11H18N6/c1-4-5-16-10(13-7-14-16)6-17-9(3)11(12)8(2)15-17/h7H,4-6,12H2,1-3H3. The van der Waals surface area contributed by atoms with Crippen molar-refractivity contribution in [1.29, 1.82) is 0 Å². The summed E-state index contributed by atoms with van der Waals surface area (Å²) in [5.41, 5.74) is 8.50. The largest absolute Gasteiger partial charge is 0.396 e. The van der Waals surface area contributed by atoms with Crippen LogP contribution in [0.1, 0.15) is 30.6 Å². The van der Waals surface area contributed by atoms with Gasteiger partial charge in [-0.15, -0.1) is 0 Å². The van der Waals surface area contributed by atoms with Gasteiger partial charge in [-0.1, -0.05) is 6.92 Å². The van der Waals surface area contributed by atoms with Crippen LogP contribution in [-0.4, -0.2) is 24.5 Å². The highest BCUT2D eigenvalue weighted by atomic mass is 15.4. The molecular weight excluding hydrogens is 216 g/mol. The van der Waals surface area contributed by atoms with Crippen molar-refractivity contribution in [3.8, 4) is 0 Å². The Morgan fingerprint density at radius 1 is 1.29 bits per heavy atom. The van der Waals surface area contributed by atoms with Crippen molar-refractivity contribution in [3.05, 3.63) is 23.5 Å². The van der Waals surface area contributed by atoms with Crippen molar-refractivity contribution in [2.45, 2.75) is 40.3 Å². The molecule has 0 saturated carbocycles. The zero-order valence-corrected chi connectivity index (χ0v) is 10.5. The Kier molecular flexibility index (Phi) is 3.12. The lowest BCUT2D eigenvalue weighted by atomic mass is 10.3. The van der Waals surface area contributed by atoms with E-state index in [0.29, 0.717) is 6.54 Å². The Balaban J connectivity index is 2.25. The summed E-state index contributed by atoms with van der Waals surface area (Å²) in [6, 6.07) is 0. The summed E-state index contributed by atoms with van der Waals surface area (Å²) in [5.74, 6) is 0.914. The van der Waals surface area contributed by atoms with Crippen LogP contribution in [-0.2, 0) is 13.1 Å². The van der Waals surface area contributed by atoms with Crippen molar-refractivity contribution in [2.24, 2.45) is 0 Å². The molecule has 0 atom stereocenters.